The van der Waals surface area contributed by atoms with Gasteiger partial charge in [-0.1, -0.05) is 0 Å². The fourth-order valence-electron chi connectivity index (χ4n) is 5.08. The summed E-state index contributed by atoms with van der Waals surface area (Å²) in [5.74, 6) is -0.0470. The molecule has 162 valence electrons. The van der Waals surface area contributed by atoms with E-state index in [4.69, 9.17) is 5.73 Å². The fourth-order valence-corrected chi connectivity index (χ4v) is 5.08. The van der Waals surface area contributed by atoms with Crippen molar-refractivity contribution in [3.05, 3.63) is 47.5 Å². The minimum Gasteiger partial charge on any atom is -0.381 e. The summed E-state index contributed by atoms with van der Waals surface area (Å²) in [5.41, 5.74) is 9.27. The molecule has 4 N–H and O–H groups in total. The molecule has 0 spiro atoms. The third-order valence-corrected chi connectivity index (χ3v) is 6.73. The molecule has 2 bridgehead atoms. The molecule has 0 unspecified atom stereocenters. The number of nitrogens with one attached hydrogen (secondary N) is 2. The highest BCUT2D eigenvalue weighted by molar-refractivity contribution is 5.99. The van der Waals surface area contributed by atoms with Gasteiger partial charge in [-0.25, -0.2) is 0 Å². The number of nitrogens with two attached hydrogens (primary N) is 1. The lowest BCUT2D eigenvalue weighted by Gasteiger charge is -2.27. The SMILES string of the molecule is NC(=O)c1cnc(Cc2ccc(N3C(=O)[C@H]4CC[C@@H]3C4)cn2)cc1NC1CCNCC1. The predicted molar refractivity (Wildman–Crippen MR) is 118 cm³/mol. The maximum absolute atomic E-state index is 12.5. The lowest BCUT2D eigenvalue weighted by Crippen LogP contribution is -2.37. The maximum atomic E-state index is 12.5. The number of pyridine rings is 2. The molecule has 4 heterocycles. The molecule has 31 heavy (non-hydrogen) atoms. The first-order valence-electron chi connectivity index (χ1n) is 11.1. The molecule has 2 aliphatic heterocycles. The van der Waals surface area contributed by atoms with Crippen molar-refractivity contribution in [1.29, 1.82) is 0 Å². The lowest BCUT2D eigenvalue weighted by molar-refractivity contribution is -0.121. The van der Waals surface area contributed by atoms with E-state index in [-0.39, 0.29) is 11.8 Å². The summed E-state index contributed by atoms with van der Waals surface area (Å²) in [6.07, 6.45) is 8.96. The number of nitrogens with zero attached hydrogens (tertiary/aromatic N) is 3. The topological polar surface area (TPSA) is 113 Å². The van der Waals surface area contributed by atoms with Crippen molar-refractivity contribution in [3.8, 4) is 0 Å². The standard InChI is InChI=1S/C23H28N6O2/c24-22(30)20-13-27-17(11-21(20)28-15-5-7-25-8-6-15)10-16-2-4-19(12-26-16)29-18-3-1-14(9-18)23(29)31/h2,4,11-15,18,25H,1,3,5-10H2,(H2,24,30)(H,27,28)/t14-,18+/m0/s1. The van der Waals surface area contributed by atoms with Crippen LogP contribution in [0.5, 0.6) is 0 Å². The van der Waals surface area contributed by atoms with Crippen LogP contribution in [0.15, 0.2) is 30.6 Å². The summed E-state index contributed by atoms with van der Waals surface area (Å²) in [6, 6.07) is 6.48. The summed E-state index contributed by atoms with van der Waals surface area (Å²) in [7, 11) is 0. The van der Waals surface area contributed by atoms with E-state index in [1.807, 2.05) is 23.1 Å². The second kappa shape index (κ2) is 8.26. The number of aromatic nitrogens is 2. The van der Waals surface area contributed by atoms with Crippen LogP contribution < -0.4 is 21.3 Å². The van der Waals surface area contributed by atoms with Gasteiger partial charge in [-0.15, -0.1) is 0 Å². The summed E-state index contributed by atoms with van der Waals surface area (Å²) in [6.45, 7) is 1.91. The van der Waals surface area contributed by atoms with Crippen LogP contribution >= 0.6 is 0 Å². The minimum absolute atomic E-state index is 0.198. The van der Waals surface area contributed by atoms with Crippen LogP contribution in [0, 0.1) is 5.92 Å². The monoisotopic (exact) mass is 420 g/mol. The van der Waals surface area contributed by atoms with Crippen LogP contribution in [0.3, 0.4) is 0 Å². The third-order valence-electron chi connectivity index (χ3n) is 6.73. The van der Waals surface area contributed by atoms with Gasteiger partial charge in [0.15, 0.2) is 0 Å². The molecule has 2 aromatic rings. The van der Waals surface area contributed by atoms with Gasteiger partial charge in [0.1, 0.15) is 0 Å². The molecule has 0 radical (unpaired) electrons. The second-order valence-corrected chi connectivity index (χ2v) is 8.81. The van der Waals surface area contributed by atoms with E-state index < -0.39 is 5.91 Å². The van der Waals surface area contributed by atoms with Gasteiger partial charge in [0, 0.05) is 42.0 Å². The molecule has 0 aromatic carbocycles. The van der Waals surface area contributed by atoms with E-state index in [2.05, 4.69) is 20.6 Å². The van der Waals surface area contributed by atoms with Crippen LogP contribution in [0.2, 0.25) is 0 Å². The Balaban J connectivity index is 1.31. The molecule has 2 aromatic heterocycles. The highest BCUT2D eigenvalue weighted by Gasteiger charge is 2.45. The zero-order chi connectivity index (χ0) is 21.4. The molecule has 2 saturated heterocycles. The van der Waals surface area contributed by atoms with E-state index >= 15 is 0 Å². The number of carbonyl (C=O) groups excluding carboxylic acids is 2. The van der Waals surface area contributed by atoms with Gasteiger partial charge >= 0.3 is 0 Å². The molecule has 1 aliphatic carbocycles. The Bertz CT molecular complexity index is 986. The van der Waals surface area contributed by atoms with Gasteiger partial charge in [0.05, 0.1) is 23.1 Å². The molecule has 8 heteroatoms. The molecule has 3 fully saturated rings. The zero-order valence-electron chi connectivity index (χ0n) is 17.5. The molecular weight excluding hydrogens is 392 g/mol. The molecule has 5 rings (SSSR count). The van der Waals surface area contributed by atoms with E-state index in [0.29, 0.717) is 24.1 Å². The quantitative estimate of drug-likeness (QED) is 0.657. The van der Waals surface area contributed by atoms with Crippen LogP contribution in [-0.2, 0) is 11.2 Å². The second-order valence-electron chi connectivity index (χ2n) is 8.81. The number of rotatable bonds is 6. The van der Waals surface area contributed by atoms with Crippen molar-refractivity contribution in [2.45, 2.75) is 50.6 Å². The van der Waals surface area contributed by atoms with Crippen molar-refractivity contribution < 1.29 is 9.59 Å². The van der Waals surface area contributed by atoms with E-state index in [9.17, 15) is 9.59 Å². The Hall–Kier alpha value is -3.00. The Morgan fingerprint density at radius 2 is 1.94 bits per heavy atom. The normalized spacial score (nSPS) is 23.4. The number of hydrogen-bond donors (Lipinski definition) is 3. The number of hydrogen-bond acceptors (Lipinski definition) is 6. The fraction of sp³-hybridized carbons (Fsp3) is 0.478. The molecule has 2 atom stereocenters. The Morgan fingerprint density at radius 3 is 2.61 bits per heavy atom. The van der Waals surface area contributed by atoms with Gasteiger partial charge in [-0.2, -0.15) is 0 Å². The van der Waals surface area contributed by atoms with Gasteiger partial charge in [0.2, 0.25) is 5.91 Å². The summed E-state index contributed by atoms with van der Waals surface area (Å²) >= 11 is 0. The number of amides is 2. The van der Waals surface area contributed by atoms with Crippen LogP contribution in [0.4, 0.5) is 11.4 Å². The highest BCUT2D eigenvalue weighted by atomic mass is 16.2. The number of piperidine rings is 2. The molecular formula is C23H28N6O2. The van der Waals surface area contributed by atoms with Gasteiger partial charge < -0.3 is 21.3 Å². The van der Waals surface area contributed by atoms with Gasteiger partial charge in [0.25, 0.3) is 5.91 Å². The van der Waals surface area contributed by atoms with Crippen LogP contribution in [0.25, 0.3) is 0 Å². The average molecular weight is 421 g/mol. The van der Waals surface area contributed by atoms with Gasteiger partial charge in [-0.05, 0) is 63.4 Å². The van der Waals surface area contributed by atoms with Crippen molar-refractivity contribution in [2.75, 3.05) is 23.3 Å². The van der Waals surface area contributed by atoms with Crippen LogP contribution in [0.1, 0.15) is 53.8 Å². The lowest BCUT2D eigenvalue weighted by atomic mass is 10.0. The van der Waals surface area contributed by atoms with Crippen molar-refractivity contribution in [1.82, 2.24) is 15.3 Å². The smallest absolute Gasteiger partial charge is 0.252 e. The number of primary amides is 1. The van der Waals surface area contributed by atoms with Crippen molar-refractivity contribution >= 4 is 23.2 Å². The average Bonchev–Trinajstić information content (AvgIpc) is 3.37. The maximum Gasteiger partial charge on any atom is 0.252 e. The zero-order valence-corrected chi connectivity index (χ0v) is 17.5. The number of fused-ring (bicyclic) bond motifs is 2. The van der Waals surface area contributed by atoms with Crippen LogP contribution in [-0.4, -0.2) is 47.0 Å². The van der Waals surface area contributed by atoms with Gasteiger partial charge in [-0.3, -0.25) is 19.6 Å². The summed E-state index contributed by atoms with van der Waals surface area (Å²) < 4.78 is 0. The minimum atomic E-state index is -0.484. The first-order chi connectivity index (χ1) is 15.1. The third kappa shape index (κ3) is 3.99. The van der Waals surface area contributed by atoms with Crippen molar-refractivity contribution in [2.24, 2.45) is 11.7 Å². The molecule has 1 saturated carbocycles. The molecule has 3 aliphatic rings. The summed E-state index contributed by atoms with van der Waals surface area (Å²) in [4.78, 5) is 35.3. The first kappa shape index (κ1) is 19.9. The van der Waals surface area contributed by atoms with Crippen molar-refractivity contribution in [3.63, 3.8) is 0 Å². The van der Waals surface area contributed by atoms with E-state index in [1.165, 1.54) is 0 Å². The first-order valence-corrected chi connectivity index (χ1v) is 11.1. The Kier molecular flexibility index (Phi) is 5.31. The predicted octanol–water partition coefficient (Wildman–Crippen LogP) is 1.85. The number of anilines is 2. The largest absolute Gasteiger partial charge is 0.381 e. The highest BCUT2D eigenvalue weighted by Crippen LogP contribution is 2.41. The molecule has 8 nitrogen and oxygen atoms in total. The Morgan fingerprint density at radius 1 is 1.13 bits per heavy atom. The van der Waals surface area contributed by atoms with E-state index in [1.54, 1.807) is 12.4 Å². The summed E-state index contributed by atoms with van der Waals surface area (Å²) in [5, 5.41) is 6.82. The van der Waals surface area contributed by atoms with E-state index in [0.717, 1.165) is 68.0 Å². The number of carbonyl (C=O) groups is 2. The Labute approximate surface area is 181 Å². The molecule has 2 amide bonds.